The molecule has 10 rings (SSSR count). The van der Waals surface area contributed by atoms with Gasteiger partial charge in [-0.1, -0.05) is 164 Å². The molecule has 0 amide bonds. The first-order valence-corrected chi connectivity index (χ1v) is 21.1. The Hall–Kier alpha value is -6.95. The van der Waals surface area contributed by atoms with Crippen molar-refractivity contribution in [2.45, 2.75) is 13.5 Å². The zero-order chi connectivity index (χ0) is 37.6. The zero-order valence-corrected chi connectivity index (χ0v) is 32.1. The number of aromatic nitrogens is 3. The maximum absolute atomic E-state index is 6.13. The van der Waals surface area contributed by atoms with E-state index in [0.29, 0.717) is 12.6 Å². The molecule has 0 aliphatic carbocycles. The first-order chi connectivity index (χ1) is 27.6. The molecule has 0 spiro atoms. The number of allylic oxidation sites excluding steroid dienone is 2. The van der Waals surface area contributed by atoms with E-state index in [1.807, 2.05) is 24.3 Å². The second-order valence-electron chi connectivity index (χ2n) is 14.4. The van der Waals surface area contributed by atoms with Gasteiger partial charge in [0.25, 0.3) is 0 Å². The topological polar surface area (TPSA) is 32.0 Å². The fraction of sp³-hybridized carbons (Fsp3) is 0.0392. The van der Waals surface area contributed by atoms with E-state index in [9.17, 15) is 0 Å². The van der Waals surface area contributed by atoms with Gasteiger partial charge < -0.3 is 9.30 Å². The first kappa shape index (κ1) is 33.6. The molecule has 268 valence electrons. The fourth-order valence-corrected chi connectivity index (χ4v) is 13.6. The summed E-state index contributed by atoms with van der Waals surface area (Å²) < 4.78 is 10.7. The minimum absolute atomic E-state index is 0.496. The third-order valence-electron chi connectivity index (χ3n) is 11.4. The average Bonchev–Trinajstić information content (AvgIpc) is 3.78. The molecule has 3 heterocycles. The van der Waals surface area contributed by atoms with Gasteiger partial charge in [0.05, 0.1) is 22.2 Å². The van der Waals surface area contributed by atoms with Crippen molar-refractivity contribution in [1.29, 1.82) is 0 Å². The Morgan fingerprint density at radius 1 is 0.607 bits per heavy atom. The van der Waals surface area contributed by atoms with Crippen molar-refractivity contribution in [3.05, 3.63) is 211 Å². The van der Waals surface area contributed by atoms with Crippen LogP contribution in [0, 0.1) is 6.92 Å². The summed E-state index contributed by atoms with van der Waals surface area (Å²) >= 11 is 0. The van der Waals surface area contributed by atoms with Gasteiger partial charge in [-0.3, -0.25) is 4.57 Å². The van der Waals surface area contributed by atoms with Gasteiger partial charge in [0, 0.05) is 27.9 Å². The highest BCUT2D eigenvalue weighted by Gasteiger charge is 2.42. The monoisotopic (exact) mass is 737 g/mol. The van der Waals surface area contributed by atoms with Gasteiger partial charge in [0.2, 0.25) is 0 Å². The number of nitrogens with zero attached hydrogens (tertiary/aromatic N) is 3. The molecule has 0 saturated carbocycles. The number of hydrogen-bond acceptors (Lipinski definition) is 2. The van der Waals surface area contributed by atoms with Crippen molar-refractivity contribution in [2.75, 3.05) is 0 Å². The summed E-state index contributed by atoms with van der Waals surface area (Å²) in [7, 11) is -2.92. The summed E-state index contributed by atoms with van der Waals surface area (Å²) in [5.74, 6) is 0. The lowest BCUT2D eigenvalue weighted by Gasteiger charge is -2.35. The maximum Gasteiger partial charge on any atom is 0.302 e. The Bertz CT molecular complexity index is 2920. The third kappa shape index (κ3) is 5.31. The van der Waals surface area contributed by atoms with E-state index in [1.54, 1.807) is 0 Å². The Morgan fingerprint density at radius 3 is 2.02 bits per heavy atom. The molecular formula is C51H39N3OSi. The number of imidazole rings is 1. The highest BCUT2D eigenvalue weighted by Crippen LogP contribution is 2.35. The smallest absolute Gasteiger partial charge is 0.302 e. The van der Waals surface area contributed by atoms with Gasteiger partial charge in [-0.05, 0) is 75.2 Å². The quantitative estimate of drug-likeness (QED) is 0.0885. The molecule has 0 saturated heterocycles. The average molecular weight is 738 g/mol. The van der Waals surface area contributed by atoms with E-state index in [-0.39, 0.29) is 0 Å². The normalized spacial score (nSPS) is 12.4. The minimum atomic E-state index is -2.92. The van der Waals surface area contributed by atoms with Crippen molar-refractivity contribution in [3.63, 3.8) is 0 Å². The number of rotatable bonds is 8. The summed E-state index contributed by atoms with van der Waals surface area (Å²) in [6.07, 6.45) is 6.04. The summed E-state index contributed by atoms with van der Waals surface area (Å²) in [5.41, 5.74) is 11.3. The number of hydrogen-bond donors (Lipinski definition) is 0. The van der Waals surface area contributed by atoms with Gasteiger partial charge in [0.1, 0.15) is 6.61 Å². The van der Waals surface area contributed by atoms with E-state index in [0.717, 1.165) is 33.5 Å². The summed E-state index contributed by atoms with van der Waals surface area (Å²) in [6.45, 7) is 6.66. The number of ether oxygens (including phenoxy) is 1. The second kappa shape index (κ2) is 13.7. The second-order valence-corrected chi connectivity index (χ2v) is 18.2. The van der Waals surface area contributed by atoms with Crippen molar-refractivity contribution < 1.29 is 4.74 Å². The molecular weight excluding hydrogens is 699 g/mol. The van der Waals surface area contributed by atoms with Crippen molar-refractivity contribution in [3.8, 4) is 28.5 Å². The largest absolute Gasteiger partial charge is 0.459 e. The lowest BCUT2D eigenvalue weighted by atomic mass is 10.0. The first-order valence-electron chi connectivity index (χ1n) is 19.1. The van der Waals surface area contributed by atoms with Crippen molar-refractivity contribution in [1.82, 2.24) is 14.1 Å². The van der Waals surface area contributed by atoms with Crippen LogP contribution in [0.5, 0.6) is 6.01 Å². The minimum Gasteiger partial charge on any atom is -0.459 e. The van der Waals surface area contributed by atoms with Gasteiger partial charge in [-0.25, -0.2) is 0 Å². The van der Waals surface area contributed by atoms with E-state index in [1.165, 1.54) is 48.5 Å². The van der Waals surface area contributed by atoms with Gasteiger partial charge in [0.15, 0.2) is 8.07 Å². The van der Waals surface area contributed by atoms with Crippen LogP contribution in [0.25, 0.3) is 50.5 Å². The summed E-state index contributed by atoms with van der Waals surface area (Å²) in [6, 6.07) is 65.2. The van der Waals surface area contributed by atoms with Crippen LogP contribution < -0.4 is 25.5 Å². The van der Waals surface area contributed by atoms with Gasteiger partial charge in [-0.2, -0.15) is 4.98 Å². The summed E-state index contributed by atoms with van der Waals surface area (Å²) in [5, 5.41) is 6.54. The van der Waals surface area contributed by atoms with Gasteiger partial charge in [-0.15, -0.1) is 0 Å². The predicted octanol–water partition coefficient (Wildman–Crippen LogP) is 9.41. The van der Waals surface area contributed by atoms with Crippen LogP contribution in [-0.2, 0) is 6.61 Å². The summed E-state index contributed by atoms with van der Waals surface area (Å²) in [4.78, 5) is 4.80. The van der Waals surface area contributed by atoms with Crippen LogP contribution in [0.2, 0.25) is 0 Å². The van der Waals surface area contributed by atoms with Crippen LogP contribution in [0.15, 0.2) is 195 Å². The molecule has 0 radical (unpaired) electrons. The van der Waals surface area contributed by atoms with Crippen molar-refractivity contribution in [2.24, 2.45) is 0 Å². The predicted molar refractivity (Wildman–Crippen MR) is 235 cm³/mol. The van der Waals surface area contributed by atoms with E-state index in [2.05, 4.69) is 193 Å². The highest BCUT2D eigenvalue weighted by molar-refractivity contribution is 7.20. The fourth-order valence-electron chi connectivity index (χ4n) is 8.84. The molecule has 1 aliphatic rings. The Labute approximate surface area is 327 Å². The highest BCUT2D eigenvalue weighted by atomic mass is 28.3. The van der Waals surface area contributed by atoms with Crippen LogP contribution >= 0.6 is 0 Å². The molecule has 9 aromatic rings. The third-order valence-corrected chi connectivity index (χ3v) is 16.1. The van der Waals surface area contributed by atoms with Crippen molar-refractivity contribution >= 4 is 56.8 Å². The molecule has 0 unspecified atom stereocenters. The number of benzene rings is 7. The van der Waals surface area contributed by atoms with E-state index >= 15 is 0 Å². The molecule has 0 atom stereocenters. The lowest BCUT2D eigenvalue weighted by Crippen LogP contribution is -2.74. The number of fused-ring (bicyclic) bond motifs is 6. The SMILES string of the molecule is C=C/C=C\c1c(C)n(-c2cccc([Si](c3ccccc3)(c3ccccc3)c3cccc(-c4ccc5c(c4)-n4c(nc6ccccc64)OC5)c3)c2)c2ccccc12. The van der Waals surface area contributed by atoms with Crippen LogP contribution in [0.3, 0.4) is 0 Å². The lowest BCUT2D eigenvalue weighted by molar-refractivity contribution is 0.266. The molecule has 5 heteroatoms. The molecule has 0 bridgehead atoms. The molecule has 2 aromatic heterocycles. The van der Waals surface area contributed by atoms with Crippen LogP contribution in [-0.4, -0.2) is 22.2 Å². The Morgan fingerprint density at radius 2 is 1.25 bits per heavy atom. The molecule has 7 aromatic carbocycles. The standard InChI is InChI=1S/C51H39N3OSi/c1-3-4-25-45-36(2)53(48-28-13-11-26-46(45)48)40-18-16-24-44(34-40)56(41-19-7-5-8-20-41,42-21-9-6-10-22-42)43-23-15-17-37(32-43)38-30-31-39-35-55-51-52-47-27-12-14-29-49(47)54(51)50(39)33-38/h3-34H,1,35H2,2H3/b25-4-. The maximum atomic E-state index is 6.13. The van der Waals surface area contributed by atoms with Crippen LogP contribution in [0.4, 0.5) is 0 Å². The van der Waals surface area contributed by atoms with E-state index in [4.69, 9.17) is 9.72 Å². The number of para-hydroxylation sites is 3. The van der Waals surface area contributed by atoms with Crippen LogP contribution in [0.1, 0.15) is 16.8 Å². The van der Waals surface area contributed by atoms with E-state index < -0.39 is 8.07 Å². The zero-order valence-electron chi connectivity index (χ0n) is 31.1. The van der Waals surface area contributed by atoms with Gasteiger partial charge >= 0.3 is 6.01 Å². The Kier molecular flexibility index (Phi) is 8.23. The molecule has 4 nitrogen and oxygen atoms in total. The Balaban J connectivity index is 1.20. The molecule has 0 N–H and O–H groups in total. The molecule has 0 fully saturated rings. The molecule has 1 aliphatic heterocycles. The molecule has 56 heavy (non-hydrogen) atoms.